The highest BCUT2D eigenvalue weighted by atomic mass is 16.5. The van der Waals surface area contributed by atoms with Crippen molar-refractivity contribution in [2.45, 2.75) is 13.5 Å². The molecule has 0 radical (unpaired) electrons. The number of pyridine rings is 1. The first-order valence-corrected chi connectivity index (χ1v) is 10.7. The smallest absolute Gasteiger partial charge is 0.251 e. The van der Waals surface area contributed by atoms with Gasteiger partial charge in [-0.15, -0.1) is 10.2 Å². The third-order valence-electron chi connectivity index (χ3n) is 5.59. The highest BCUT2D eigenvalue weighted by molar-refractivity contribution is 5.96. The van der Waals surface area contributed by atoms with E-state index in [2.05, 4.69) is 20.5 Å². The van der Waals surface area contributed by atoms with Crippen molar-refractivity contribution in [3.63, 3.8) is 0 Å². The van der Waals surface area contributed by atoms with Gasteiger partial charge in [0.15, 0.2) is 11.5 Å². The van der Waals surface area contributed by atoms with Gasteiger partial charge in [-0.2, -0.15) is 9.61 Å². The fourth-order valence-corrected chi connectivity index (χ4v) is 3.79. The van der Waals surface area contributed by atoms with Crippen molar-refractivity contribution in [2.24, 2.45) is 0 Å². The summed E-state index contributed by atoms with van der Waals surface area (Å²) >= 11 is 0. The highest BCUT2D eigenvalue weighted by Crippen LogP contribution is 2.28. The van der Waals surface area contributed by atoms with E-state index in [-0.39, 0.29) is 12.5 Å². The van der Waals surface area contributed by atoms with E-state index in [1.54, 1.807) is 30.9 Å². The van der Waals surface area contributed by atoms with Gasteiger partial charge in [-0.1, -0.05) is 6.07 Å². The van der Waals surface area contributed by atoms with Gasteiger partial charge in [-0.05, 0) is 55.0 Å². The third kappa shape index (κ3) is 3.88. The van der Waals surface area contributed by atoms with Crippen molar-refractivity contribution in [2.75, 3.05) is 14.2 Å². The molecular weight excluding hydrogens is 432 g/mol. The summed E-state index contributed by atoms with van der Waals surface area (Å²) in [5, 5.41) is 16.7. The molecule has 9 heteroatoms. The fraction of sp³-hybridized carbons (Fsp3) is 0.160. The first-order chi connectivity index (χ1) is 16.6. The number of carbonyl (C=O) groups is 1. The second-order valence-corrected chi connectivity index (χ2v) is 7.69. The molecule has 3 aromatic heterocycles. The number of fused-ring (bicyclic) bond motifs is 2. The monoisotopic (exact) mass is 454 g/mol. The molecule has 1 N–H and O–H groups in total. The summed E-state index contributed by atoms with van der Waals surface area (Å²) in [6.45, 7) is 2.08. The van der Waals surface area contributed by atoms with E-state index >= 15 is 0 Å². The maximum absolute atomic E-state index is 12.0. The molecule has 5 aromatic rings. The van der Waals surface area contributed by atoms with E-state index in [1.165, 1.54) is 0 Å². The maximum Gasteiger partial charge on any atom is 0.251 e. The maximum atomic E-state index is 12.0. The molecular formula is C25H22N6O3. The molecule has 0 unspecified atom stereocenters. The first-order valence-electron chi connectivity index (χ1n) is 10.7. The molecule has 0 saturated heterocycles. The van der Waals surface area contributed by atoms with Crippen molar-refractivity contribution in [3.05, 3.63) is 77.7 Å². The number of aryl methyl sites for hydroxylation is 1. The number of rotatable bonds is 6. The molecule has 5 rings (SSSR count). The van der Waals surface area contributed by atoms with Crippen LogP contribution in [0.5, 0.6) is 11.5 Å². The zero-order valence-electron chi connectivity index (χ0n) is 18.9. The summed E-state index contributed by atoms with van der Waals surface area (Å²) in [4.78, 5) is 16.4. The second-order valence-electron chi connectivity index (χ2n) is 7.69. The lowest BCUT2D eigenvalue weighted by Gasteiger charge is -2.10. The topological polar surface area (TPSA) is 104 Å². The lowest BCUT2D eigenvalue weighted by molar-refractivity contribution is 0.0962. The lowest BCUT2D eigenvalue weighted by atomic mass is 10.0. The Bertz CT molecular complexity index is 1530. The first kappa shape index (κ1) is 21.3. The van der Waals surface area contributed by atoms with Crippen LogP contribution in [0.4, 0.5) is 0 Å². The Hall–Kier alpha value is -4.53. The molecule has 0 bridgehead atoms. The number of nitrogens with one attached hydrogen (secondary N) is 1. The average molecular weight is 454 g/mol. The summed E-state index contributed by atoms with van der Waals surface area (Å²) in [6, 6.07) is 16.8. The van der Waals surface area contributed by atoms with Gasteiger partial charge in [0.1, 0.15) is 18.1 Å². The summed E-state index contributed by atoms with van der Waals surface area (Å²) in [5.41, 5.74) is 4.52. The van der Waals surface area contributed by atoms with Crippen LogP contribution >= 0.6 is 0 Å². The average Bonchev–Trinajstić information content (AvgIpc) is 3.28. The van der Waals surface area contributed by atoms with Crippen LogP contribution in [0.3, 0.4) is 0 Å². The number of amides is 1. The Morgan fingerprint density at radius 3 is 2.74 bits per heavy atom. The van der Waals surface area contributed by atoms with Gasteiger partial charge < -0.3 is 14.8 Å². The number of carbonyl (C=O) groups excluding carboxylic acids is 1. The zero-order valence-corrected chi connectivity index (χ0v) is 18.9. The van der Waals surface area contributed by atoms with E-state index < -0.39 is 0 Å². The van der Waals surface area contributed by atoms with Gasteiger partial charge >= 0.3 is 0 Å². The van der Waals surface area contributed by atoms with Crippen LogP contribution < -0.4 is 14.8 Å². The van der Waals surface area contributed by atoms with Crippen LogP contribution in [0.2, 0.25) is 0 Å². The third-order valence-corrected chi connectivity index (χ3v) is 5.59. The number of aromatic nitrogens is 5. The quantitative estimate of drug-likeness (QED) is 0.418. The molecule has 0 atom stereocenters. The molecule has 0 aliphatic carbocycles. The van der Waals surface area contributed by atoms with Crippen molar-refractivity contribution in [1.29, 1.82) is 0 Å². The van der Waals surface area contributed by atoms with E-state index in [4.69, 9.17) is 14.6 Å². The Morgan fingerprint density at radius 1 is 1.06 bits per heavy atom. The minimum absolute atomic E-state index is 0.118. The Labute approximate surface area is 195 Å². The summed E-state index contributed by atoms with van der Waals surface area (Å²) < 4.78 is 13.0. The molecule has 1 amide bonds. The SMILES string of the molecule is CNC(=O)c1ccc(-c2ccc3nnc(COc4ccnc5cc(OC)ccc45)n3n2)cc1C. The van der Waals surface area contributed by atoms with E-state index in [9.17, 15) is 4.79 Å². The molecule has 34 heavy (non-hydrogen) atoms. The largest absolute Gasteiger partial charge is 0.497 e. The zero-order chi connectivity index (χ0) is 23.7. The highest BCUT2D eigenvalue weighted by Gasteiger charge is 2.13. The van der Waals surface area contributed by atoms with Crippen LogP contribution in [0.15, 0.2) is 60.8 Å². The van der Waals surface area contributed by atoms with Gasteiger partial charge in [-0.3, -0.25) is 9.78 Å². The summed E-state index contributed by atoms with van der Waals surface area (Å²) in [5.74, 6) is 1.86. The molecule has 3 heterocycles. The lowest BCUT2D eigenvalue weighted by Crippen LogP contribution is -2.18. The molecule has 9 nitrogen and oxygen atoms in total. The van der Waals surface area contributed by atoms with Gasteiger partial charge in [0.05, 0.1) is 18.3 Å². The van der Waals surface area contributed by atoms with E-state index in [0.29, 0.717) is 22.8 Å². The molecule has 0 saturated carbocycles. The van der Waals surface area contributed by atoms with Crippen LogP contribution in [-0.2, 0) is 6.61 Å². The minimum Gasteiger partial charge on any atom is -0.497 e. The van der Waals surface area contributed by atoms with Crippen molar-refractivity contribution in [3.8, 4) is 22.8 Å². The van der Waals surface area contributed by atoms with E-state index in [1.807, 2.05) is 55.5 Å². The van der Waals surface area contributed by atoms with Crippen molar-refractivity contribution < 1.29 is 14.3 Å². The standard InChI is InChI=1S/C25H22N6O3/c1-15-12-16(4-6-18(15)25(32)26-2)20-8-9-23-28-29-24(31(23)30-20)14-34-22-10-11-27-21-13-17(33-3)5-7-19(21)22/h4-13H,14H2,1-3H3,(H,26,32). The van der Waals surface area contributed by atoms with E-state index in [0.717, 1.165) is 33.5 Å². The van der Waals surface area contributed by atoms with Crippen LogP contribution in [0.25, 0.3) is 27.8 Å². The summed E-state index contributed by atoms with van der Waals surface area (Å²) in [6.07, 6.45) is 1.69. The molecule has 0 aliphatic rings. The molecule has 0 aliphatic heterocycles. The number of ether oxygens (including phenoxy) is 2. The normalized spacial score (nSPS) is 11.0. The number of hydrogen-bond acceptors (Lipinski definition) is 7. The number of hydrogen-bond donors (Lipinski definition) is 1. The van der Waals surface area contributed by atoms with Crippen molar-refractivity contribution >= 4 is 22.5 Å². The second kappa shape index (κ2) is 8.78. The predicted octanol–water partition coefficient (Wildman–Crippen LogP) is 3.60. The fourth-order valence-electron chi connectivity index (χ4n) is 3.79. The van der Waals surface area contributed by atoms with Gasteiger partial charge in [0.2, 0.25) is 0 Å². The molecule has 0 spiro atoms. The van der Waals surface area contributed by atoms with Gasteiger partial charge in [0, 0.05) is 35.8 Å². The predicted molar refractivity (Wildman–Crippen MR) is 127 cm³/mol. The van der Waals surface area contributed by atoms with Gasteiger partial charge in [-0.25, -0.2) is 0 Å². The molecule has 2 aromatic carbocycles. The van der Waals surface area contributed by atoms with Crippen LogP contribution in [0.1, 0.15) is 21.7 Å². The van der Waals surface area contributed by atoms with Crippen LogP contribution in [-0.4, -0.2) is 44.9 Å². The van der Waals surface area contributed by atoms with Crippen molar-refractivity contribution in [1.82, 2.24) is 30.1 Å². The number of benzene rings is 2. The minimum atomic E-state index is -0.118. The Kier molecular flexibility index (Phi) is 5.51. The van der Waals surface area contributed by atoms with Crippen LogP contribution in [0, 0.1) is 6.92 Å². The van der Waals surface area contributed by atoms with Gasteiger partial charge in [0.25, 0.3) is 5.91 Å². The Balaban J connectivity index is 1.44. The number of nitrogens with zero attached hydrogens (tertiary/aromatic N) is 5. The Morgan fingerprint density at radius 2 is 1.94 bits per heavy atom. The molecule has 0 fully saturated rings. The molecule has 170 valence electrons. The number of methoxy groups -OCH3 is 1. The summed E-state index contributed by atoms with van der Waals surface area (Å²) in [7, 11) is 3.24.